The van der Waals surface area contributed by atoms with Crippen molar-refractivity contribution >= 4 is 0 Å². The molecule has 2 unspecified atom stereocenters. The van der Waals surface area contributed by atoms with Crippen LogP contribution in [-0.2, 0) is 17.5 Å². The minimum Gasteiger partial charge on any atom is -0.374 e. The van der Waals surface area contributed by atoms with Crippen LogP contribution in [-0.4, -0.2) is 36.7 Å². The molecule has 112 valence electrons. The Balaban J connectivity index is 2.02. The van der Waals surface area contributed by atoms with Crippen LogP contribution in [0, 0.1) is 0 Å². The van der Waals surface area contributed by atoms with Crippen LogP contribution in [0.3, 0.4) is 0 Å². The summed E-state index contributed by atoms with van der Waals surface area (Å²) in [5.41, 5.74) is 5.84. The highest BCUT2D eigenvalue weighted by molar-refractivity contribution is 5.24. The lowest BCUT2D eigenvalue weighted by molar-refractivity contribution is -0.137. The van der Waals surface area contributed by atoms with Crippen LogP contribution in [0.4, 0.5) is 13.2 Å². The number of alkyl halides is 3. The van der Waals surface area contributed by atoms with Gasteiger partial charge < -0.3 is 10.5 Å². The van der Waals surface area contributed by atoms with Crippen LogP contribution in [0.15, 0.2) is 24.3 Å². The van der Waals surface area contributed by atoms with Crippen LogP contribution in [0.5, 0.6) is 0 Å². The van der Waals surface area contributed by atoms with Gasteiger partial charge in [0.1, 0.15) is 0 Å². The molecule has 1 aliphatic rings. The van der Waals surface area contributed by atoms with E-state index in [1.54, 1.807) is 0 Å². The van der Waals surface area contributed by atoms with E-state index in [1.807, 2.05) is 6.92 Å². The van der Waals surface area contributed by atoms with Gasteiger partial charge in [-0.15, -0.1) is 0 Å². The lowest BCUT2D eigenvalue weighted by Gasteiger charge is -2.37. The predicted octanol–water partition coefficient (Wildman–Crippen LogP) is 2.25. The first-order valence-corrected chi connectivity index (χ1v) is 6.62. The molecule has 1 aliphatic heterocycles. The molecule has 1 fully saturated rings. The standard InChI is InChI=1S/C14H19F3N2O/c1-10-9-20-13(6-18)8-19(10)7-11-2-4-12(5-3-11)14(15,16)17/h2-5,10,13H,6-9,18H2,1H3. The third-order valence-electron chi connectivity index (χ3n) is 3.56. The number of rotatable bonds is 3. The second-order valence-electron chi connectivity index (χ2n) is 5.16. The fraction of sp³-hybridized carbons (Fsp3) is 0.571. The maximum absolute atomic E-state index is 12.5. The van der Waals surface area contributed by atoms with E-state index < -0.39 is 11.7 Å². The molecule has 0 aliphatic carbocycles. The molecule has 0 saturated carbocycles. The fourth-order valence-electron chi connectivity index (χ4n) is 2.27. The van der Waals surface area contributed by atoms with Crippen LogP contribution in [0.1, 0.15) is 18.1 Å². The first-order chi connectivity index (χ1) is 9.40. The largest absolute Gasteiger partial charge is 0.416 e. The number of nitrogens with two attached hydrogens (primary N) is 1. The normalized spacial score (nSPS) is 24.9. The zero-order valence-corrected chi connectivity index (χ0v) is 11.4. The van der Waals surface area contributed by atoms with E-state index in [2.05, 4.69) is 4.90 Å². The smallest absolute Gasteiger partial charge is 0.374 e. The molecule has 6 heteroatoms. The summed E-state index contributed by atoms with van der Waals surface area (Å²) >= 11 is 0. The number of benzene rings is 1. The third-order valence-corrected chi connectivity index (χ3v) is 3.56. The van der Waals surface area contributed by atoms with Crippen molar-refractivity contribution in [2.24, 2.45) is 5.73 Å². The summed E-state index contributed by atoms with van der Waals surface area (Å²) in [6, 6.07) is 5.55. The van der Waals surface area contributed by atoms with Crippen molar-refractivity contribution in [3.63, 3.8) is 0 Å². The summed E-state index contributed by atoms with van der Waals surface area (Å²) < 4.78 is 43.0. The van der Waals surface area contributed by atoms with E-state index >= 15 is 0 Å². The minimum atomic E-state index is -4.28. The van der Waals surface area contributed by atoms with Crippen LogP contribution in [0.25, 0.3) is 0 Å². The topological polar surface area (TPSA) is 38.5 Å². The SMILES string of the molecule is CC1COC(CN)CN1Cc1ccc(C(F)(F)F)cc1. The van der Waals surface area contributed by atoms with Crippen molar-refractivity contribution in [2.45, 2.75) is 31.8 Å². The summed E-state index contributed by atoms with van der Waals surface area (Å²) in [5, 5.41) is 0. The van der Waals surface area contributed by atoms with Gasteiger partial charge in [0.15, 0.2) is 0 Å². The zero-order chi connectivity index (χ0) is 14.8. The molecule has 20 heavy (non-hydrogen) atoms. The Morgan fingerprint density at radius 3 is 2.50 bits per heavy atom. The summed E-state index contributed by atoms with van der Waals surface area (Å²) in [6.45, 7) is 4.41. The van der Waals surface area contributed by atoms with Gasteiger partial charge in [0.2, 0.25) is 0 Å². The van der Waals surface area contributed by atoms with E-state index in [1.165, 1.54) is 12.1 Å². The van der Waals surface area contributed by atoms with Crippen LogP contribution in [0.2, 0.25) is 0 Å². The molecule has 1 heterocycles. The van der Waals surface area contributed by atoms with Crippen molar-refractivity contribution in [3.8, 4) is 0 Å². The van der Waals surface area contributed by atoms with Gasteiger partial charge in [-0.05, 0) is 24.6 Å². The van der Waals surface area contributed by atoms with Crippen molar-refractivity contribution < 1.29 is 17.9 Å². The lowest BCUT2D eigenvalue weighted by Crippen LogP contribution is -2.49. The summed E-state index contributed by atoms with van der Waals surface area (Å²) in [6.07, 6.45) is -4.28. The Bertz CT molecular complexity index is 433. The molecule has 2 rings (SSSR count). The highest BCUT2D eigenvalue weighted by atomic mass is 19.4. The zero-order valence-electron chi connectivity index (χ0n) is 11.4. The Kier molecular flexibility index (Phi) is 4.67. The van der Waals surface area contributed by atoms with E-state index in [0.717, 1.165) is 17.7 Å². The van der Waals surface area contributed by atoms with Gasteiger partial charge in [0.05, 0.1) is 18.3 Å². The van der Waals surface area contributed by atoms with E-state index in [9.17, 15) is 13.2 Å². The van der Waals surface area contributed by atoms with Gasteiger partial charge in [-0.2, -0.15) is 13.2 Å². The second-order valence-corrected chi connectivity index (χ2v) is 5.16. The summed E-state index contributed by atoms with van der Waals surface area (Å²) in [7, 11) is 0. The molecule has 0 radical (unpaired) electrons. The van der Waals surface area contributed by atoms with E-state index in [4.69, 9.17) is 10.5 Å². The first-order valence-electron chi connectivity index (χ1n) is 6.62. The molecular formula is C14H19F3N2O. The number of halogens is 3. The number of nitrogens with zero attached hydrogens (tertiary/aromatic N) is 1. The van der Waals surface area contributed by atoms with Gasteiger partial charge in [-0.3, -0.25) is 4.90 Å². The van der Waals surface area contributed by atoms with Gasteiger partial charge >= 0.3 is 6.18 Å². The molecule has 0 spiro atoms. The van der Waals surface area contributed by atoms with Gasteiger partial charge in [-0.1, -0.05) is 12.1 Å². The predicted molar refractivity (Wildman–Crippen MR) is 70.1 cm³/mol. The van der Waals surface area contributed by atoms with Gasteiger partial charge in [-0.25, -0.2) is 0 Å². The van der Waals surface area contributed by atoms with Gasteiger partial charge in [0, 0.05) is 25.7 Å². The summed E-state index contributed by atoms with van der Waals surface area (Å²) in [5.74, 6) is 0. The average Bonchev–Trinajstić information content (AvgIpc) is 2.41. The van der Waals surface area contributed by atoms with Crippen molar-refractivity contribution in [2.75, 3.05) is 19.7 Å². The molecule has 0 bridgehead atoms. The molecule has 3 nitrogen and oxygen atoms in total. The second kappa shape index (κ2) is 6.11. The Morgan fingerprint density at radius 1 is 1.30 bits per heavy atom. The Morgan fingerprint density at radius 2 is 1.95 bits per heavy atom. The van der Waals surface area contributed by atoms with Crippen LogP contribution < -0.4 is 5.73 Å². The minimum absolute atomic E-state index is 0.000600. The molecule has 1 saturated heterocycles. The summed E-state index contributed by atoms with van der Waals surface area (Å²) in [4.78, 5) is 2.18. The van der Waals surface area contributed by atoms with Crippen molar-refractivity contribution in [1.29, 1.82) is 0 Å². The van der Waals surface area contributed by atoms with E-state index in [-0.39, 0.29) is 12.1 Å². The molecule has 0 amide bonds. The first kappa shape index (κ1) is 15.3. The Hall–Kier alpha value is -1.11. The molecular weight excluding hydrogens is 269 g/mol. The highest BCUT2D eigenvalue weighted by Gasteiger charge is 2.30. The van der Waals surface area contributed by atoms with Crippen molar-refractivity contribution in [3.05, 3.63) is 35.4 Å². The Labute approximate surface area is 116 Å². The van der Waals surface area contributed by atoms with Gasteiger partial charge in [0.25, 0.3) is 0 Å². The molecule has 2 N–H and O–H groups in total. The quantitative estimate of drug-likeness (QED) is 0.927. The molecule has 1 aromatic carbocycles. The number of ether oxygens (including phenoxy) is 1. The third kappa shape index (κ3) is 3.71. The van der Waals surface area contributed by atoms with Crippen LogP contribution >= 0.6 is 0 Å². The highest BCUT2D eigenvalue weighted by Crippen LogP contribution is 2.29. The monoisotopic (exact) mass is 288 g/mol. The molecule has 1 aromatic rings. The lowest BCUT2D eigenvalue weighted by atomic mass is 10.1. The molecule has 0 aromatic heterocycles. The maximum atomic E-state index is 12.5. The number of morpholine rings is 1. The fourth-order valence-corrected chi connectivity index (χ4v) is 2.27. The number of hydrogen-bond donors (Lipinski definition) is 1. The average molecular weight is 288 g/mol. The van der Waals surface area contributed by atoms with E-state index in [0.29, 0.717) is 26.2 Å². The maximum Gasteiger partial charge on any atom is 0.416 e. The molecule has 2 atom stereocenters. The van der Waals surface area contributed by atoms with Crippen molar-refractivity contribution in [1.82, 2.24) is 4.90 Å². The number of hydrogen-bond acceptors (Lipinski definition) is 3.